The fourth-order valence-electron chi connectivity index (χ4n) is 2.62. The molecule has 24 heavy (non-hydrogen) atoms. The van der Waals surface area contributed by atoms with Crippen LogP contribution in [0.4, 0.5) is 4.79 Å². The van der Waals surface area contributed by atoms with Crippen molar-refractivity contribution in [2.75, 3.05) is 26.2 Å². The average molecular weight is 324 g/mol. The lowest BCUT2D eigenvalue weighted by Gasteiger charge is -2.34. The molecule has 0 N–H and O–H groups in total. The zero-order valence-electron chi connectivity index (χ0n) is 13.6. The Balaban J connectivity index is 1.54. The summed E-state index contributed by atoms with van der Waals surface area (Å²) >= 11 is 0. The fourth-order valence-corrected chi connectivity index (χ4v) is 2.62. The maximum Gasteiger partial charge on any atom is 0.415 e. The van der Waals surface area contributed by atoms with E-state index in [2.05, 4.69) is 0 Å². The smallest absolute Gasteiger partial charge is 0.410 e. The molecule has 0 atom stereocenters. The molecule has 2 amide bonds. The van der Waals surface area contributed by atoms with Gasteiger partial charge in [-0.1, -0.05) is 35.9 Å². The van der Waals surface area contributed by atoms with E-state index in [-0.39, 0.29) is 12.0 Å². The highest BCUT2D eigenvalue weighted by molar-refractivity contribution is 5.94. The molecule has 1 saturated heterocycles. The van der Waals surface area contributed by atoms with E-state index in [4.69, 9.17) is 4.74 Å². The van der Waals surface area contributed by atoms with E-state index < -0.39 is 0 Å². The highest BCUT2D eigenvalue weighted by Gasteiger charge is 2.25. The molecule has 0 unspecified atom stereocenters. The quantitative estimate of drug-likeness (QED) is 0.853. The highest BCUT2D eigenvalue weighted by Crippen LogP contribution is 2.13. The maximum atomic E-state index is 12.5. The van der Waals surface area contributed by atoms with Crippen molar-refractivity contribution >= 4 is 12.0 Å². The molecule has 124 valence electrons. The van der Waals surface area contributed by atoms with Gasteiger partial charge in [-0.15, -0.1) is 0 Å². The van der Waals surface area contributed by atoms with Gasteiger partial charge in [0.25, 0.3) is 5.91 Å². The molecule has 5 nitrogen and oxygen atoms in total. The van der Waals surface area contributed by atoms with Gasteiger partial charge in [0.05, 0.1) is 0 Å². The van der Waals surface area contributed by atoms with Crippen molar-refractivity contribution in [3.8, 4) is 5.75 Å². The van der Waals surface area contributed by atoms with E-state index in [0.29, 0.717) is 37.5 Å². The standard InChI is InChI=1S/C19H20N2O3/c1-15-7-9-16(10-8-15)18(22)20-11-13-21(14-12-20)19(23)24-17-5-3-2-4-6-17/h2-10H,11-14H2,1H3. The topological polar surface area (TPSA) is 49.9 Å². The van der Waals surface area contributed by atoms with Crippen LogP contribution in [0.25, 0.3) is 0 Å². The Kier molecular flexibility index (Phi) is 4.79. The van der Waals surface area contributed by atoms with Crippen LogP contribution in [-0.2, 0) is 0 Å². The highest BCUT2D eigenvalue weighted by atomic mass is 16.6. The van der Waals surface area contributed by atoms with E-state index >= 15 is 0 Å². The third-order valence-corrected chi connectivity index (χ3v) is 4.07. The van der Waals surface area contributed by atoms with Crippen molar-refractivity contribution in [2.45, 2.75) is 6.92 Å². The second-order valence-corrected chi connectivity index (χ2v) is 5.83. The molecule has 0 aromatic heterocycles. The molecule has 0 saturated carbocycles. The summed E-state index contributed by atoms with van der Waals surface area (Å²) in [5.41, 5.74) is 1.81. The van der Waals surface area contributed by atoms with Gasteiger partial charge >= 0.3 is 6.09 Å². The molecule has 0 radical (unpaired) electrons. The third kappa shape index (κ3) is 3.74. The van der Waals surface area contributed by atoms with E-state index in [0.717, 1.165) is 5.56 Å². The summed E-state index contributed by atoms with van der Waals surface area (Å²) in [6.07, 6.45) is -0.372. The lowest BCUT2D eigenvalue weighted by atomic mass is 10.1. The summed E-state index contributed by atoms with van der Waals surface area (Å²) in [6, 6.07) is 16.5. The van der Waals surface area contributed by atoms with E-state index in [1.807, 2.05) is 49.4 Å². The number of hydrogen-bond acceptors (Lipinski definition) is 3. The minimum absolute atomic E-state index is 0.00563. The number of para-hydroxylation sites is 1. The van der Waals surface area contributed by atoms with Crippen LogP contribution in [0, 0.1) is 6.92 Å². The van der Waals surface area contributed by atoms with E-state index in [1.54, 1.807) is 21.9 Å². The Bertz CT molecular complexity index is 705. The Morgan fingerprint density at radius 2 is 1.42 bits per heavy atom. The molecule has 1 heterocycles. The molecular formula is C19H20N2O3. The number of hydrogen-bond donors (Lipinski definition) is 0. The van der Waals surface area contributed by atoms with E-state index in [1.165, 1.54) is 0 Å². The van der Waals surface area contributed by atoms with Crippen LogP contribution in [0.1, 0.15) is 15.9 Å². The predicted octanol–water partition coefficient (Wildman–Crippen LogP) is 2.95. The third-order valence-electron chi connectivity index (χ3n) is 4.07. The molecule has 1 aliphatic rings. The van der Waals surface area contributed by atoms with Crippen molar-refractivity contribution in [3.63, 3.8) is 0 Å². The number of ether oxygens (including phenoxy) is 1. The van der Waals surface area contributed by atoms with Crippen molar-refractivity contribution < 1.29 is 14.3 Å². The minimum Gasteiger partial charge on any atom is -0.410 e. The van der Waals surface area contributed by atoms with Crippen molar-refractivity contribution in [2.24, 2.45) is 0 Å². The summed E-state index contributed by atoms with van der Waals surface area (Å²) in [5, 5.41) is 0. The van der Waals surface area contributed by atoms with Gasteiger partial charge in [0, 0.05) is 31.7 Å². The molecule has 0 bridgehead atoms. The predicted molar refractivity (Wildman–Crippen MR) is 91.1 cm³/mol. The minimum atomic E-state index is -0.372. The average Bonchev–Trinajstić information content (AvgIpc) is 2.63. The number of rotatable bonds is 2. The number of carbonyl (C=O) groups is 2. The zero-order valence-corrected chi connectivity index (χ0v) is 13.6. The molecule has 2 aromatic carbocycles. The summed E-state index contributed by atoms with van der Waals surface area (Å²) < 4.78 is 5.33. The van der Waals surface area contributed by atoms with Crippen molar-refractivity contribution in [1.29, 1.82) is 0 Å². The van der Waals surface area contributed by atoms with Crippen LogP contribution >= 0.6 is 0 Å². The number of carbonyl (C=O) groups excluding carboxylic acids is 2. The fraction of sp³-hybridized carbons (Fsp3) is 0.263. The Morgan fingerprint density at radius 1 is 0.833 bits per heavy atom. The van der Waals surface area contributed by atoms with Gasteiger partial charge in [0.1, 0.15) is 5.75 Å². The lowest BCUT2D eigenvalue weighted by Crippen LogP contribution is -2.51. The SMILES string of the molecule is Cc1ccc(C(=O)N2CCN(C(=O)Oc3ccccc3)CC2)cc1. The van der Waals surface area contributed by atoms with Crippen LogP contribution < -0.4 is 4.74 Å². The summed E-state index contributed by atoms with van der Waals surface area (Å²) in [4.78, 5) is 28.0. The van der Waals surface area contributed by atoms with Gasteiger partial charge in [-0.25, -0.2) is 4.79 Å². The number of benzene rings is 2. The van der Waals surface area contributed by atoms with Crippen LogP contribution in [0.15, 0.2) is 54.6 Å². The first kappa shape index (κ1) is 16.1. The molecule has 1 aliphatic heterocycles. The molecule has 2 aromatic rings. The normalized spacial score (nSPS) is 14.4. The lowest BCUT2D eigenvalue weighted by molar-refractivity contribution is 0.0633. The van der Waals surface area contributed by atoms with Crippen LogP contribution in [0.5, 0.6) is 5.75 Å². The maximum absolute atomic E-state index is 12.5. The molecule has 3 rings (SSSR count). The molecule has 0 aliphatic carbocycles. The first-order valence-electron chi connectivity index (χ1n) is 8.01. The van der Waals surface area contributed by atoms with Crippen molar-refractivity contribution in [1.82, 2.24) is 9.80 Å². The van der Waals surface area contributed by atoms with Gasteiger partial charge in [-0.2, -0.15) is 0 Å². The van der Waals surface area contributed by atoms with Crippen LogP contribution in [0.2, 0.25) is 0 Å². The van der Waals surface area contributed by atoms with Gasteiger partial charge in [0.2, 0.25) is 0 Å². The number of amides is 2. The molecule has 1 fully saturated rings. The zero-order chi connectivity index (χ0) is 16.9. The molecular weight excluding hydrogens is 304 g/mol. The van der Waals surface area contributed by atoms with E-state index in [9.17, 15) is 9.59 Å². The first-order chi connectivity index (χ1) is 11.6. The Hall–Kier alpha value is -2.82. The monoisotopic (exact) mass is 324 g/mol. The second-order valence-electron chi connectivity index (χ2n) is 5.83. The van der Waals surface area contributed by atoms with Gasteiger partial charge in [0.15, 0.2) is 0 Å². The summed E-state index contributed by atoms with van der Waals surface area (Å²) in [7, 11) is 0. The van der Waals surface area contributed by atoms with Crippen LogP contribution in [-0.4, -0.2) is 48.0 Å². The molecule has 0 spiro atoms. The largest absolute Gasteiger partial charge is 0.415 e. The summed E-state index contributed by atoms with van der Waals surface area (Å²) in [5.74, 6) is 0.534. The number of piperazine rings is 1. The van der Waals surface area contributed by atoms with Gasteiger partial charge in [-0.05, 0) is 31.2 Å². The summed E-state index contributed by atoms with van der Waals surface area (Å²) in [6.45, 7) is 3.96. The number of nitrogens with zero attached hydrogens (tertiary/aromatic N) is 2. The first-order valence-corrected chi connectivity index (χ1v) is 8.01. The van der Waals surface area contributed by atoms with Gasteiger partial charge < -0.3 is 14.5 Å². The number of aryl methyl sites for hydroxylation is 1. The second kappa shape index (κ2) is 7.17. The Morgan fingerprint density at radius 3 is 2.04 bits per heavy atom. The Labute approximate surface area is 141 Å². The molecule has 5 heteroatoms. The van der Waals surface area contributed by atoms with Gasteiger partial charge in [-0.3, -0.25) is 4.79 Å². The van der Waals surface area contributed by atoms with Crippen molar-refractivity contribution in [3.05, 3.63) is 65.7 Å². The van der Waals surface area contributed by atoms with Crippen LogP contribution in [0.3, 0.4) is 0 Å².